The maximum absolute atomic E-state index is 13.1. The fourth-order valence-electron chi connectivity index (χ4n) is 3.73. The number of nitrogens with zero attached hydrogens (tertiary/aromatic N) is 1. The molecular formula is C24H18ClNO5. The van der Waals surface area contributed by atoms with Crippen LogP contribution in [0.2, 0.25) is 5.02 Å². The third-order valence-corrected chi connectivity index (χ3v) is 5.35. The van der Waals surface area contributed by atoms with E-state index in [-0.39, 0.29) is 22.8 Å². The van der Waals surface area contributed by atoms with Crippen LogP contribution < -0.4 is 9.64 Å². The number of benzene rings is 3. The number of ether oxygens (including phenoxy) is 1. The number of phenols is 1. The topological polar surface area (TPSA) is 87.1 Å². The Kier molecular flexibility index (Phi) is 5.40. The van der Waals surface area contributed by atoms with E-state index < -0.39 is 17.7 Å². The monoisotopic (exact) mass is 435 g/mol. The summed E-state index contributed by atoms with van der Waals surface area (Å²) in [5, 5.41) is 21.9. The molecule has 2 N–H and O–H groups in total. The summed E-state index contributed by atoms with van der Waals surface area (Å²) in [4.78, 5) is 27.4. The van der Waals surface area contributed by atoms with Crippen LogP contribution in [0.3, 0.4) is 0 Å². The largest absolute Gasteiger partial charge is 0.507 e. The molecule has 31 heavy (non-hydrogen) atoms. The Morgan fingerprint density at radius 2 is 1.71 bits per heavy atom. The lowest BCUT2D eigenvalue weighted by Crippen LogP contribution is -2.29. The van der Waals surface area contributed by atoms with Gasteiger partial charge in [-0.15, -0.1) is 0 Å². The third-order valence-electron chi connectivity index (χ3n) is 5.12. The molecule has 0 aliphatic carbocycles. The van der Waals surface area contributed by atoms with Crippen LogP contribution in [0.5, 0.6) is 11.5 Å². The SMILES string of the molecule is COc1ccccc1C1/C(=C(\O)c2cccc(Cl)c2)C(=O)C(=O)N1c1ccccc1O. The molecule has 1 saturated heterocycles. The highest BCUT2D eigenvalue weighted by Gasteiger charge is 2.48. The number of carbonyl (C=O) groups excluding carboxylic acids is 2. The summed E-state index contributed by atoms with van der Waals surface area (Å²) in [5.41, 5.74) is 0.796. The maximum Gasteiger partial charge on any atom is 0.300 e. The highest BCUT2D eigenvalue weighted by molar-refractivity contribution is 6.52. The zero-order valence-electron chi connectivity index (χ0n) is 16.4. The first-order chi connectivity index (χ1) is 14.9. The Balaban J connectivity index is 2.02. The Labute approximate surface area is 183 Å². The molecule has 4 rings (SSSR count). The van der Waals surface area contributed by atoms with Gasteiger partial charge in [-0.05, 0) is 30.3 Å². The number of anilines is 1. The number of carbonyl (C=O) groups is 2. The number of methoxy groups -OCH3 is 1. The van der Waals surface area contributed by atoms with E-state index in [0.29, 0.717) is 21.9 Å². The highest BCUT2D eigenvalue weighted by atomic mass is 35.5. The van der Waals surface area contributed by atoms with Crippen LogP contribution in [-0.4, -0.2) is 29.0 Å². The quantitative estimate of drug-likeness (QED) is 0.353. The molecule has 7 heteroatoms. The predicted molar refractivity (Wildman–Crippen MR) is 117 cm³/mol. The van der Waals surface area contributed by atoms with Crippen LogP contribution in [-0.2, 0) is 9.59 Å². The molecule has 0 bridgehead atoms. The van der Waals surface area contributed by atoms with Crippen molar-refractivity contribution in [1.29, 1.82) is 0 Å². The van der Waals surface area contributed by atoms with Crippen molar-refractivity contribution in [3.63, 3.8) is 0 Å². The average Bonchev–Trinajstić information content (AvgIpc) is 3.04. The van der Waals surface area contributed by atoms with Gasteiger partial charge < -0.3 is 14.9 Å². The second-order valence-electron chi connectivity index (χ2n) is 6.91. The molecular weight excluding hydrogens is 418 g/mol. The van der Waals surface area contributed by atoms with Crippen LogP contribution in [0.1, 0.15) is 17.2 Å². The Hall–Kier alpha value is -3.77. The molecule has 0 spiro atoms. The van der Waals surface area contributed by atoms with E-state index in [2.05, 4.69) is 0 Å². The molecule has 156 valence electrons. The summed E-state index contributed by atoms with van der Waals surface area (Å²) in [7, 11) is 1.47. The van der Waals surface area contributed by atoms with E-state index in [9.17, 15) is 19.8 Å². The number of aliphatic hydroxyl groups excluding tert-OH is 1. The normalized spacial score (nSPS) is 17.7. The van der Waals surface area contributed by atoms with Crippen molar-refractivity contribution in [2.24, 2.45) is 0 Å². The van der Waals surface area contributed by atoms with Gasteiger partial charge in [0, 0.05) is 16.1 Å². The number of amides is 1. The Morgan fingerprint density at radius 3 is 2.42 bits per heavy atom. The van der Waals surface area contributed by atoms with Crippen LogP contribution in [0.4, 0.5) is 5.69 Å². The minimum absolute atomic E-state index is 0.125. The van der Waals surface area contributed by atoms with Crippen molar-refractivity contribution in [2.45, 2.75) is 6.04 Å². The van der Waals surface area contributed by atoms with Crippen molar-refractivity contribution < 1.29 is 24.5 Å². The van der Waals surface area contributed by atoms with Crippen LogP contribution >= 0.6 is 11.6 Å². The number of para-hydroxylation sites is 3. The molecule has 1 heterocycles. The second kappa shape index (κ2) is 8.16. The van der Waals surface area contributed by atoms with E-state index in [1.807, 2.05) is 0 Å². The smallest absolute Gasteiger partial charge is 0.300 e. The van der Waals surface area contributed by atoms with Gasteiger partial charge in [0.05, 0.1) is 24.4 Å². The van der Waals surface area contributed by atoms with Crippen LogP contribution in [0.25, 0.3) is 5.76 Å². The van der Waals surface area contributed by atoms with Crippen molar-refractivity contribution in [2.75, 3.05) is 12.0 Å². The molecule has 1 unspecified atom stereocenters. The van der Waals surface area contributed by atoms with E-state index in [1.165, 1.54) is 30.2 Å². The molecule has 1 fully saturated rings. The number of aromatic hydroxyl groups is 1. The standard InChI is InChI=1S/C24H18ClNO5/c1-31-19-12-5-2-9-16(19)21-20(22(28)14-7-6-8-15(25)13-14)23(29)24(30)26(21)17-10-3-4-11-18(17)27/h2-13,21,27-28H,1H3/b22-20+. The van der Waals surface area contributed by atoms with Gasteiger partial charge in [-0.2, -0.15) is 0 Å². The molecule has 0 saturated carbocycles. The number of aliphatic hydroxyl groups is 1. The average molecular weight is 436 g/mol. The van der Waals surface area contributed by atoms with Crippen molar-refractivity contribution in [3.05, 3.63) is 94.5 Å². The number of Topliss-reactive ketones (excluding diaryl/α,β-unsaturated/α-hetero) is 1. The van der Waals surface area contributed by atoms with Crippen LogP contribution in [0, 0.1) is 0 Å². The molecule has 1 aliphatic rings. The highest BCUT2D eigenvalue weighted by Crippen LogP contribution is 2.46. The van der Waals surface area contributed by atoms with Crippen molar-refractivity contribution in [1.82, 2.24) is 0 Å². The zero-order valence-corrected chi connectivity index (χ0v) is 17.2. The van der Waals surface area contributed by atoms with Gasteiger partial charge >= 0.3 is 0 Å². The molecule has 0 radical (unpaired) electrons. The molecule has 3 aromatic carbocycles. The number of phenolic OH excluding ortho intramolecular Hbond substituents is 1. The maximum atomic E-state index is 13.1. The fourth-order valence-corrected chi connectivity index (χ4v) is 3.92. The van der Waals surface area contributed by atoms with Gasteiger partial charge in [0.25, 0.3) is 11.7 Å². The summed E-state index contributed by atoms with van der Waals surface area (Å²) in [6, 6.07) is 18.4. The van der Waals surface area contributed by atoms with Gasteiger partial charge in [-0.1, -0.05) is 54.1 Å². The van der Waals surface area contributed by atoms with Gasteiger partial charge in [0.15, 0.2) is 0 Å². The summed E-state index contributed by atoms with van der Waals surface area (Å²) in [5.74, 6) is -1.87. The first-order valence-electron chi connectivity index (χ1n) is 9.42. The van der Waals surface area contributed by atoms with Gasteiger partial charge in [0.1, 0.15) is 17.3 Å². The van der Waals surface area contributed by atoms with Gasteiger partial charge in [0.2, 0.25) is 0 Å². The van der Waals surface area contributed by atoms with E-state index in [0.717, 1.165) is 0 Å². The predicted octanol–water partition coefficient (Wildman–Crippen LogP) is 4.68. The summed E-state index contributed by atoms with van der Waals surface area (Å²) >= 11 is 6.06. The van der Waals surface area contributed by atoms with Gasteiger partial charge in [-0.25, -0.2) is 0 Å². The number of halogens is 1. The van der Waals surface area contributed by atoms with Crippen molar-refractivity contribution >= 4 is 34.7 Å². The van der Waals surface area contributed by atoms with E-state index >= 15 is 0 Å². The van der Waals surface area contributed by atoms with Crippen molar-refractivity contribution in [3.8, 4) is 11.5 Å². The van der Waals surface area contributed by atoms with Gasteiger partial charge in [-0.3, -0.25) is 14.5 Å². The van der Waals surface area contributed by atoms with Crippen LogP contribution in [0.15, 0.2) is 78.4 Å². The number of hydrogen-bond acceptors (Lipinski definition) is 5. The lowest BCUT2D eigenvalue weighted by Gasteiger charge is -2.27. The molecule has 1 atom stereocenters. The molecule has 3 aromatic rings. The summed E-state index contributed by atoms with van der Waals surface area (Å²) < 4.78 is 5.46. The van der Waals surface area contributed by atoms with E-state index in [1.54, 1.807) is 54.6 Å². The molecule has 0 aromatic heterocycles. The number of ketones is 1. The second-order valence-corrected chi connectivity index (χ2v) is 7.35. The summed E-state index contributed by atoms with van der Waals surface area (Å²) in [6.07, 6.45) is 0. The first kappa shape index (κ1) is 20.5. The lowest BCUT2D eigenvalue weighted by atomic mass is 9.94. The van der Waals surface area contributed by atoms with E-state index in [4.69, 9.17) is 16.3 Å². The minimum atomic E-state index is -1.02. The lowest BCUT2D eigenvalue weighted by molar-refractivity contribution is -0.132. The molecule has 1 aliphatic heterocycles. The molecule has 6 nitrogen and oxygen atoms in total. The molecule has 1 amide bonds. The number of rotatable bonds is 4. The fraction of sp³-hybridized carbons (Fsp3) is 0.0833. The Bertz CT molecular complexity index is 1220. The first-order valence-corrected chi connectivity index (χ1v) is 9.79. The summed E-state index contributed by atoms with van der Waals surface area (Å²) in [6.45, 7) is 0. The zero-order chi connectivity index (χ0) is 22.1. The minimum Gasteiger partial charge on any atom is -0.507 e. The number of hydrogen-bond donors (Lipinski definition) is 2. The third kappa shape index (κ3) is 3.51. The Morgan fingerprint density at radius 1 is 1.00 bits per heavy atom.